The van der Waals surface area contributed by atoms with Crippen molar-refractivity contribution in [3.8, 4) is 0 Å². The number of hydrogen-bond donors (Lipinski definition) is 4. The highest BCUT2D eigenvalue weighted by Crippen LogP contribution is 2.20. The smallest absolute Gasteiger partial charge is 0.326 e. The highest BCUT2D eigenvalue weighted by molar-refractivity contribution is 7.80. The van der Waals surface area contributed by atoms with Crippen LogP contribution >= 0.6 is 12.6 Å². The molecule has 1 unspecified atom stereocenters. The van der Waals surface area contributed by atoms with Gasteiger partial charge in [0.05, 0.1) is 0 Å². The van der Waals surface area contributed by atoms with Crippen LogP contribution in [0.4, 0.5) is 0 Å². The number of amides is 1. The van der Waals surface area contributed by atoms with Crippen molar-refractivity contribution in [2.75, 3.05) is 18.8 Å². The number of carboxylic acids is 2. The Kier molecular flexibility index (Phi) is 7.67. The minimum Gasteiger partial charge on any atom is -0.480 e. The van der Waals surface area contributed by atoms with Crippen LogP contribution in [0.3, 0.4) is 0 Å². The third-order valence-electron chi connectivity index (χ3n) is 3.87. The second-order valence-electron chi connectivity index (χ2n) is 5.60. The van der Waals surface area contributed by atoms with Gasteiger partial charge in [-0.3, -0.25) is 9.59 Å². The van der Waals surface area contributed by atoms with E-state index >= 15 is 0 Å². The number of carbonyl (C=O) groups is 3. The molecule has 2 heterocycles. The Balaban J connectivity index is 0.000000255. The monoisotopic (exact) mass is 332 g/mol. The van der Waals surface area contributed by atoms with Crippen molar-refractivity contribution in [1.29, 1.82) is 0 Å². The van der Waals surface area contributed by atoms with Gasteiger partial charge in [-0.25, -0.2) is 4.79 Å². The predicted molar refractivity (Wildman–Crippen MR) is 84.0 cm³/mol. The zero-order valence-corrected chi connectivity index (χ0v) is 13.6. The van der Waals surface area contributed by atoms with Gasteiger partial charge < -0.3 is 20.4 Å². The van der Waals surface area contributed by atoms with Gasteiger partial charge in [-0.05, 0) is 32.2 Å². The molecule has 0 aromatic heterocycles. The fourth-order valence-corrected chi connectivity index (χ4v) is 2.70. The van der Waals surface area contributed by atoms with Crippen LogP contribution in [0, 0.1) is 5.92 Å². The van der Waals surface area contributed by atoms with Gasteiger partial charge in [0.25, 0.3) is 0 Å². The lowest BCUT2D eigenvalue weighted by atomic mass is 10.1. The highest BCUT2D eigenvalue weighted by atomic mass is 32.1. The Labute approximate surface area is 135 Å². The summed E-state index contributed by atoms with van der Waals surface area (Å²) in [6.07, 6.45) is 3.13. The van der Waals surface area contributed by atoms with E-state index in [1.54, 1.807) is 6.92 Å². The van der Waals surface area contributed by atoms with E-state index in [4.69, 9.17) is 10.2 Å². The topological polar surface area (TPSA) is 107 Å². The molecule has 7 nitrogen and oxygen atoms in total. The number of hydrogen-bond acceptors (Lipinski definition) is 5. The van der Waals surface area contributed by atoms with E-state index in [1.807, 2.05) is 0 Å². The van der Waals surface area contributed by atoms with E-state index in [-0.39, 0.29) is 17.9 Å². The van der Waals surface area contributed by atoms with Gasteiger partial charge in [-0.1, -0.05) is 6.92 Å². The molecule has 0 aromatic carbocycles. The highest BCUT2D eigenvalue weighted by Gasteiger charge is 2.35. The molecule has 126 valence electrons. The molecule has 2 saturated heterocycles. The summed E-state index contributed by atoms with van der Waals surface area (Å²) in [5, 5.41) is 20.1. The molecule has 2 aliphatic heterocycles. The number of rotatable bonds is 4. The Morgan fingerprint density at radius 1 is 1.23 bits per heavy atom. The first kappa shape index (κ1) is 18.8. The first-order chi connectivity index (χ1) is 10.4. The standard InChI is InChI=1S/C9H15NO3S.C5H9NO2/c1-6(5-14)8(11)10-4-2-3-7(10)9(12)13;7-5(8)4-2-1-3-6-4/h6-7,14H,2-5H2,1H3,(H,12,13);4,6H,1-3H2,(H,7,8)/t6-,7+;/m1./s1. The first-order valence-corrected chi connectivity index (χ1v) is 8.12. The summed E-state index contributed by atoms with van der Waals surface area (Å²) in [6.45, 7) is 3.19. The average molecular weight is 332 g/mol. The quantitative estimate of drug-likeness (QED) is 0.557. The van der Waals surface area contributed by atoms with Crippen molar-refractivity contribution >= 4 is 30.5 Å². The Morgan fingerprint density at radius 2 is 1.91 bits per heavy atom. The molecule has 0 aliphatic carbocycles. The molecule has 8 heteroatoms. The maximum absolute atomic E-state index is 11.7. The van der Waals surface area contributed by atoms with Crippen LogP contribution in [0.2, 0.25) is 0 Å². The van der Waals surface area contributed by atoms with Gasteiger partial charge >= 0.3 is 11.9 Å². The van der Waals surface area contributed by atoms with E-state index < -0.39 is 18.0 Å². The van der Waals surface area contributed by atoms with Crippen molar-refractivity contribution in [2.24, 2.45) is 5.92 Å². The van der Waals surface area contributed by atoms with E-state index in [1.165, 1.54) is 4.90 Å². The van der Waals surface area contributed by atoms with Crippen LogP contribution in [0.5, 0.6) is 0 Å². The van der Waals surface area contributed by atoms with Crippen molar-refractivity contribution in [2.45, 2.75) is 44.7 Å². The molecule has 0 aromatic rings. The summed E-state index contributed by atoms with van der Waals surface area (Å²) in [5.74, 6) is -1.45. The Hall–Kier alpha value is -1.28. The van der Waals surface area contributed by atoms with Crippen LogP contribution in [0.1, 0.15) is 32.6 Å². The van der Waals surface area contributed by atoms with Crippen molar-refractivity contribution in [1.82, 2.24) is 10.2 Å². The van der Waals surface area contributed by atoms with Crippen LogP contribution in [0.25, 0.3) is 0 Å². The number of carboxylic acid groups (broad SMARTS) is 2. The van der Waals surface area contributed by atoms with E-state index in [9.17, 15) is 14.4 Å². The molecule has 3 atom stereocenters. The van der Waals surface area contributed by atoms with E-state index in [2.05, 4.69) is 17.9 Å². The largest absolute Gasteiger partial charge is 0.480 e. The molecule has 0 radical (unpaired) electrons. The Morgan fingerprint density at radius 3 is 2.32 bits per heavy atom. The lowest BCUT2D eigenvalue weighted by molar-refractivity contribution is -0.149. The molecular formula is C14H24N2O5S. The first-order valence-electron chi connectivity index (χ1n) is 7.48. The van der Waals surface area contributed by atoms with Crippen molar-refractivity contribution in [3.63, 3.8) is 0 Å². The maximum Gasteiger partial charge on any atom is 0.326 e. The van der Waals surface area contributed by atoms with Crippen molar-refractivity contribution < 1.29 is 24.6 Å². The molecular weight excluding hydrogens is 308 g/mol. The summed E-state index contributed by atoms with van der Waals surface area (Å²) in [6, 6.07) is -0.889. The van der Waals surface area contributed by atoms with Gasteiger partial charge in [-0.2, -0.15) is 12.6 Å². The molecule has 2 rings (SSSR count). The third kappa shape index (κ3) is 5.17. The summed E-state index contributed by atoms with van der Waals surface area (Å²) in [5.41, 5.74) is 0. The van der Waals surface area contributed by atoms with Gasteiger partial charge in [-0.15, -0.1) is 0 Å². The number of nitrogens with zero attached hydrogens (tertiary/aromatic N) is 1. The minimum atomic E-state index is -0.901. The number of carbonyl (C=O) groups excluding carboxylic acids is 1. The molecule has 3 N–H and O–H groups in total. The van der Waals surface area contributed by atoms with Crippen molar-refractivity contribution in [3.05, 3.63) is 0 Å². The van der Waals surface area contributed by atoms with Gasteiger partial charge in [0.2, 0.25) is 5.91 Å². The lowest BCUT2D eigenvalue weighted by Gasteiger charge is -2.24. The molecule has 0 bridgehead atoms. The SMILES string of the molecule is C[C@H](CS)C(=O)N1CCC[C@H]1C(=O)O.O=C(O)C1CCCN1. The fraction of sp³-hybridized carbons (Fsp3) is 0.786. The number of likely N-dealkylation sites (tertiary alicyclic amines) is 1. The molecule has 0 saturated carbocycles. The molecule has 0 spiro atoms. The average Bonchev–Trinajstić information content (AvgIpc) is 3.16. The summed E-state index contributed by atoms with van der Waals surface area (Å²) >= 11 is 4.03. The summed E-state index contributed by atoms with van der Waals surface area (Å²) < 4.78 is 0. The third-order valence-corrected chi connectivity index (χ3v) is 4.42. The van der Waals surface area contributed by atoms with E-state index in [0.717, 1.165) is 25.8 Å². The van der Waals surface area contributed by atoms with Crippen LogP contribution in [0.15, 0.2) is 0 Å². The molecule has 2 fully saturated rings. The zero-order valence-electron chi connectivity index (χ0n) is 12.7. The molecule has 22 heavy (non-hydrogen) atoms. The second-order valence-corrected chi connectivity index (χ2v) is 5.96. The number of nitrogens with one attached hydrogen (secondary N) is 1. The molecule has 1 amide bonds. The van der Waals surface area contributed by atoms with Crippen LogP contribution in [-0.2, 0) is 14.4 Å². The predicted octanol–water partition coefficient (Wildman–Crippen LogP) is 0.451. The van der Waals surface area contributed by atoms with Gasteiger partial charge in [0.15, 0.2) is 0 Å². The summed E-state index contributed by atoms with van der Waals surface area (Å²) in [4.78, 5) is 34.1. The normalized spacial score (nSPS) is 25.3. The number of thiol groups is 1. The number of aliphatic carboxylic acids is 2. The minimum absolute atomic E-state index is 0.0927. The fourth-order valence-electron chi connectivity index (χ4n) is 2.54. The Bertz CT molecular complexity index is 412. The van der Waals surface area contributed by atoms with Crippen LogP contribution < -0.4 is 5.32 Å². The summed E-state index contributed by atoms with van der Waals surface area (Å²) in [7, 11) is 0. The zero-order chi connectivity index (χ0) is 16.7. The van der Waals surface area contributed by atoms with Gasteiger partial charge in [0.1, 0.15) is 12.1 Å². The van der Waals surface area contributed by atoms with Crippen LogP contribution in [-0.4, -0.2) is 63.9 Å². The van der Waals surface area contributed by atoms with Gasteiger partial charge in [0, 0.05) is 18.2 Å². The molecule has 2 aliphatic rings. The maximum atomic E-state index is 11.7. The second kappa shape index (κ2) is 8.99. The lowest BCUT2D eigenvalue weighted by Crippen LogP contribution is -2.43. The van der Waals surface area contributed by atoms with E-state index in [0.29, 0.717) is 18.7 Å².